The number of rotatable bonds is 4. The van der Waals surface area contributed by atoms with Gasteiger partial charge in [0.15, 0.2) is 5.12 Å². The summed E-state index contributed by atoms with van der Waals surface area (Å²) in [5.74, 6) is 0.137. The van der Waals surface area contributed by atoms with Crippen molar-refractivity contribution in [1.29, 1.82) is 0 Å². The minimum Gasteiger partial charge on any atom is -0.464 e. The zero-order chi connectivity index (χ0) is 12.7. The number of pyridine rings is 1. The Balaban J connectivity index is 2.65. The van der Waals surface area contributed by atoms with Gasteiger partial charge >= 0.3 is 5.97 Å². The molecule has 5 heteroatoms. The third-order valence-electron chi connectivity index (χ3n) is 1.84. The molecule has 1 aromatic rings. The Morgan fingerprint density at radius 2 is 2.24 bits per heavy atom. The SMILES string of the molecule is COC(=O)c1cccc(C=CCSC(C)=O)n1. The molecule has 0 unspecified atom stereocenters. The van der Waals surface area contributed by atoms with Gasteiger partial charge in [-0.15, -0.1) is 0 Å². The van der Waals surface area contributed by atoms with Crippen LogP contribution < -0.4 is 0 Å². The Morgan fingerprint density at radius 3 is 2.88 bits per heavy atom. The second kappa shape index (κ2) is 6.85. The Morgan fingerprint density at radius 1 is 1.47 bits per heavy atom. The number of ether oxygens (including phenoxy) is 1. The average Bonchev–Trinajstić information content (AvgIpc) is 2.34. The van der Waals surface area contributed by atoms with Crippen LogP contribution in [0.4, 0.5) is 0 Å². The summed E-state index contributed by atoms with van der Waals surface area (Å²) < 4.78 is 4.57. The van der Waals surface area contributed by atoms with Crippen molar-refractivity contribution < 1.29 is 14.3 Å². The van der Waals surface area contributed by atoms with Gasteiger partial charge in [-0.3, -0.25) is 4.79 Å². The first kappa shape index (κ1) is 13.4. The summed E-state index contributed by atoms with van der Waals surface area (Å²) in [6.07, 6.45) is 3.60. The van der Waals surface area contributed by atoms with Crippen LogP contribution in [0.5, 0.6) is 0 Å². The van der Waals surface area contributed by atoms with E-state index in [9.17, 15) is 9.59 Å². The molecule has 0 aliphatic rings. The van der Waals surface area contributed by atoms with E-state index in [1.54, 1.807) is 24.3 Å². The first-order valence-electron chi connectivity index (χ1n) is 4.98. The Bertz CT molecular complexity index is 443. The first-order valence-corrected chi connectivity index (χ1v) is 5.97. The number of esters is 1. The smallest absolute Gasteiger partial charge is 0.356 e. The maximum Gasteiger partial charge on any atom is 0.356 e. The summed E-state index contributed by atoms with van der Waals surface area (Å²) >= 11 is 1.22. The fourth-order valence-electron chi connectivity index (χ4n) is 1.10. The largest absolute Gasteiger partial charge is 0.464 e. The van der Waals surface area contributed by atoms with Gasteiger partial charge in [0.05, 0.1) is 12.8 Å². The van der Waals surface area contributed by atoms with E-state index in [4.69, 9.17) is 0 Å². The predicted octanol–water partition coefficient (Wildman–Crippen LogP) is 2.16. The predicted molar refractivity (Wildman–Crippen MR) is 67.7 cm³/mol. The van der Waals surface area contributed by atoms with Gasteiger partial charge in [-0.2, -0.15) is 0 Å². The number of hydrogen-bond donors (Lipinski definition) is 0. The van der Waals surface area contributed by atoms with Crippen molar-refractivity contribution in [2.45, 2.75) is 6.92 Å². The van der Waals surface area contributed by atoms with Crippen LogP contribution in [0.2, 0.25) is 0 Å². The normalized spacial score (nSPS) is 10.5. The molecule has 90 valence electrons. The van der Waals surface area contributed by atoms with E-state index in [1.807, 2.05) is 6.08 Å². The van der Waals surface area contributed by atoms with Gasteiger partial charge in [-0.05, 0) is 18.2 Å². The number of thioether (sulfide) groups is 1. The maximum atomic E-state index is 11.2. The van der Waals surface area contributed by atoms with Crippen LogP contribution in [0.15, 0.2) is 24.3 Å². The molecule has 1 aromatic heterocycles. The van der Waals surface area contributed by atoms with Crippen molar-refractivity contribution in [2.24, 2.45) is 0 Å². The highest BCUT2D eigenvalue weighted by Gasteiger charge is 2.05. The van der Waals surface area contributed by atoms with Gasteiger partial charge in [0.2, 0.25) is 0 Å². The summed E-state index contributed by atoms with van der Waals surface area (Å²) in [5.41, 5.74) is 0.936. The maximum absolute atomic E-state index is 11.2. The van der Waals surface area contributed by atoms with E-state index in [1.165, 1.54) is 25.8 Å². The molecule has 1 heterocycles. The van der Waals surface area contributed by atoms with E-state index < -0.39 is 5.97 Å². The van der Waals surface area contributed by atoms with Gasteiger partial charge in [0.1, 0.15) is 5.69 Å². The van der Waals surface area contributed by atoms with Gasteiger partial charge < -0.3 is 4.74 Å². The molecule has 0 fully saturated rings. The number of carbonyl (C=O) groups is 2. The van der Waals surface area contributed by atoms with Crippen LogP contribution in [-0.4, -0.2) is 28.9 Å². The molecule has 17 heavy (non-hydrogen) atoms. The molecule has 0 bridgehead atoms. The summed E-state index contributed by atoms with van der Waals surface area (Å²) in [7, 11) is 1.32. The molecule has 4 nitrogen and oxygen atoms in total. The van der Waals surface area contributed by atoms with Gasteiger partial charge in [-0.1, -0.05) is 23.9 Å². The molecular formula is C12H13NO3S. The molecule has 1 rings (SSSR count). The third-order valence-corrected chi connectivity index (χ3v) is 2.60. The Labute approximate surface area is 104 Å². The minimum atomic E-state index is -0.460. The molecule has 0 atom stereocenters. The fourth-order valence-corrected chi connectivity index (χ4v) is 1.52. The molecule has 0 aliphatic heterocycles. The van der Waals surface area contributed by atoms with E-state index in [-0.39, 0.29) is 10.8 Å². The highest BCUT2D eigenvalue weighted by Crippen LogP contribution is 2.06. The number of carbonyl (C=O) groups excluding carboxylic acids is 2. The number of methoxy groups -OCH3 is 1. The van der Waals surface area contributed by atoms with Crippen molar-refractivity contribution in [3.05, 3.63) is 35.7 Å². The second-order valence-electron chi connectivity index (χ2n) is 3.14. The Hall–Kier alpha value is -1.62. The van der Waals surface area contributed by atoms with Crippen LogP contribution in [0.1, 0.15) is 23.1 Å². The van der Waals surface area contributed by atoms with E-state index in [2.05, 4.69) is 9.72 Å². The molecular weight excluding hydrogens is 238 g/mol. The average molecular weight is 251 g/mol. The molecule has 0 aliphatic carbocycles. The van der Waals surface area contributed by atoms with Crippen molar-refractivity contribution in [1.82, 2.24) is 4.98 Å². The van der Waals surface area contributed by atoms with Crippen LogP contribution in [0.25, 0.3) is 6.08 Å². The van der Waals surface area contributed by atoms with Gasteiger partial charge in [0, 0.05) is 12.7 Å². The van der Waals surface area contributed by atoms with E-state index in [0.717, 1.165) is 0 Å². The number of hydrogen-bond acceptors (Lipinski definition) is 5. The molecule has 0 amide bonds. The summed E-state index contributed by atoms with van der Waals surface area (Å²) in [6, 6.07) is 5.10. The topological polar surface area (TPSA) is 56.3 Å². The van der Waals surface area contributed by atoms with Crippen molar-refractivity contribution in [3.8, 4) is 0 Å². The minimum absolute atomic E-state index is 0.0749. The first-order chi connectivity index (χ1) is 8.13. The lowest BCUT2D eigenvalue weighted by atomic mass is 10.3. The van der Waals surface area contributed by atoms with E-state index >= 15 is 0 Å². The lowest BCUT2D eigenvalue weighted by Gasteiger charge is -1.99. The van der Waals surface area contributed by atoms with Crippen LogP contribution in [0.3, 0.4) is 0 Å². The monoisotopic (exact) mass is 251 g/mol. The molecule has 0 saturated carbocycles. The number of aromatic nitrogens is 1. The van der Waals surface area contributed by atoms with E-state index in [0.29, 0.717) is 11.4 Å². The summed E-state index contributed by atoms with van der Waals surface area (Å²) in [5, 5.41) is 0.0749. The fraction of sp³-hybridized carbons (Fsp3) is 0.250. The van der Waals surface area contributed by atoms with Gasteiger partial charge in [0.25, 0.3) is 0 Å². The zero-order valence-electron chi connectivity index (χ0n) is 9.67. The second-order valence-corrected chi connectivity index (χ2v) is 4.34. The van der Waals surface area contributed by atoms with Gasteiger partial charge in [-0.25, -0.2) is 9.78 Å². The van der Waals surface area contributed by atoms with Crippen LogP contribution in [-0.2, 0) is 9.53 Å². The molecule has 0 N–H and O–H groups in total. The molecule has 0 radical (unpaired) electrons. The third kappa shape index (κ3) is 4.82. The lowest BCUT2D eigenvalue weighted by Crippen LogP contribution is -2.04. The Kier molecular flexibility index (Phi) is 5.42. The summed E-state index contributed by atoms with van der Waals surface area (Å²) in [4.78, 5) is 26.0. The van der Waals surface area contributed by atoms with Crippen LogP contribution >= 0.6 is 11.8 Å². The lowest BCUT2D eigenvalue weighted by molar-refractivity contribution is -0.109. The van der Waals surface area contributed by atoms with Crippen molar-refractivity contribution in [2.75, 3.05) is 12.9 Å². The standard InChI is InChI=1S/C12H13NO3S/c1-9(14)17-8-4-6-10-5-3-7-11(13-10)12(15)16-2/h3-7H,8H2,1-2H3. The highest BCUT2D eigenvalue weighted by molar-refractivity contribution is 8.13. The number of nitrogens with zero attached hydrogens (tertiary/aromatic N) is 1. The molecule has 0 saturated heterocycles. The summed E-state index contributed by atoms with van der Waals surface area (Å²) in [6.45, 7) is 1.52. The molecule has 0 spiro atoms. The van der Waals surface area contributed by atoms with Crippen LogP contribution in [0, 0.1) is 0 Å². The van der Waals surface area contributed by atoms with Crippen molar-refractivity contribution >= 4 is 28.9 Å². The molecule has 0 aromatic carbocycles. The highest BCUT2D eigenvalue weighted by atomic mass is 32.2. The zero-order valence-corrected chi connectivity index (χ0v) is 10.5. The van der Waals surface area contributed by atoms with Crippen molar-refractivity contribution in [3.63, 3.8) is 0 Å². The quantitative estimate of drug-likeness (QED) is 0.767.